The van der Waals surface area contributed by atoms with Crippen molar-refractivity contribution in [2.75, 3.05) is 13.1 Å². The Morgan fingerprint density at radius 1 is 1.67 bits per heavy atom. The quantitative estimate of drug-likeness (QED) is 0.380. The number of nitrogens with one attached hydrogen (secondary N) is 1. The number of aliphatic hydroxyl groups excluding tert-OH is 1. The molecule has 5 nitrogen and oxygen atoms in total. The number of aliphatic hydroxyl groups is 1. The van der Waals surface area contributed by atoms with Crippen molar-refractivity contribution in [3.63, 3.8) is 0 Å². The van der Waals surface area contributed by atoms with Crippen LogP contribution in [0.3, 0.4) is 0 Å². The lowest BCUT2D eigenvalue weighted by molar-refractivity contribution is -0.141. The summed E-state index contributed by atoms with van der Waals surface area (Å²) in [6, 6.07) is -1.20. The van der Waals surface area contributed by atoms with Crippen LogP contribution in [0, 0.1) is 0 Å². The summed E-state index contributed by atoms with van der Waals surface area (Å²) in [7, 11) is 0. The molecule has 72 valence electrons. The lowest BCUT2D eigenvalue weighted by Crippen LogP contribution is -2.46. The number of carbonyl (C=O) groups is 1. The average Bonchev–Trinajstić information content (AvgIpc) is 2.03. The second-order valence-corrected chi connectivity index (χ2v) is 2.64. The zero-order valence-corrected chi connectivity index (χ0v) is 7.16. The van der Waals surface area contributed by atoms with E-state index < -0.39 is 18.1 Å². The number of hydrogen-bond donors (Lipinski definition) is 4. The second-order valence-electron chi connectivity index (χ2n) is 2.64. The van der Waals surface area contributed by atoms with Gasteiger partial charge < -0.3 is 21.3 Å². The van der Waals surface area contributed by atoms with Crippen LogP contribution in [0.15, 0.2) is 0 Å². The zero-order chi connectivity index (χ0) is 9.56. The second kappa shape index (κ2) is 5.93. The van der Waals surface area contributed by atoms with Gasteiger partial charge >= 0.3 is 5.97 Å². The van der Waals surface area contributed by atoms with E-state index in [9.17, 15) is 4.79 Å². The lowest BCUT2D eigenvalue weighted by Gasteiger charge is -2.14. The molecule has 0 radical (unpaired) electrons. The predicted molar refractivity (Wildman–Crippen MR) is 44.8 cm³/mol. The third-order valence-corrected chi connectivity index (χ3v) is 1.48. The van der Waals surface area contributed by atoms with E-state index in [1.165, 1.54) is 0 Å². The molecule has 5 N–H and O–H groups in total. The van der Waals surface area contributed by atoms with Crippen molar-refractivity contribution in [3.05, 3.63) is 0 Å². The van der Waals surface area contributed by atoms with Gasteiger partial charge in [-0.2, -0.15) is 0 Å². The molecule has 0 spiro atoms. The Bertz CT molecular complexity index is 141. The fourth-order valence-electron chi connectivity index (χ4n) is 0.718. The number of carboxylic acids is 1. The first-order chi connectivity index (χ1) is 5.59. The standard InChI is InChI=1S/C7H16N2O3/c1-2-3-9-4-5(10)6(8)7(11)12/h5-6,9-10H,2-4,8H2,1H3,(H,11,12). The highest BCUT2D eigenvalue weighted by Gasteiger charge is 2.20. The molecule has 12 heavy (non-hydrogen) atoms. The van der Waals surface area contributed by atoms with E-state index in [1.807, 2.05) is 6.92 Å². The number of aliphatic carboxylic acids is 1. The minimum Gasteiger partial charge on any atom is -0.480 e. The van der Waals surface area contributed by atoms with Gasteiger partial charge in [-0.25, -0.2) is 0 Å². The molecular weight excluding hydrogens is 160 g/mol. The third kappa shape index (κ3) is 4.27. The summed E-state index contributed by atoms with van der Waals surface area (Å²) in [5, 5.41) is 20.4. The van der Waals surface area contributed by atoms with Crippen LogP contribution in [0.4, 0.5) is 0 Å². The van der Waals surface area contributed by atoms with Crippen LogP contribution in [0.1, 0.15) is 13.3 Å². The third-order valence-electron chi connectivity index (χ3n) is 1.48. The molecule has 0 aromatic carbocycles. The van der Waals surface area contributed by atoms with Crippen molar-refractivity contribution in [1.82, 2.24) is 5.32 Å². The first-order valence-electron chi connectivity index (χ1n) is 3.96. The number of nitrogens with two attached hydrogens (primary N) is 1. The Kier molecular flexibility index (Phi) is 5.61. The summed E-state index contributed by atoms with van der Waals surface area (Å²) in [5.41, 5.74) is 5.15. The van der Waals surface area contributed by atoms with Gasteiger partial charge in [0.25, 0.3) is 0 Å². The molecule has 0 saturated heterocycles. The largest absolute Gasteiger partial charge is 0.480 e. The zero-order valence-electron chi connectivity index (χ0n) is 7.16. The van der Waals surface area contributed by atoms with Crippen molar-refractivity contribution in [3.8, 4) is 0 Å². The highest BCUT2D eigenvalue weighted by molar-refractivity contribution is 5.73. The smallest absolute Gasteiger partial charge is 0.323 e. The van der Waals surface area contributed by atoms with Gasteiger partial charge in [-0.05, 0) is 13.0 Å². The van der Waals surface area contributed by atoms with Gasteiger partial charge in [0.1, 0.15) is 6.04 Å². The van der Waals surface area contributed by atoms with Crippen molar-refractivity contribution >= 4 is 5.97 Å². The van der Waals surface area contributed by atoms with Crippen LogP contribution in [0.25, 0.3) is 0 Å². The van der Waals surface area contributed by atoms with Crippen molar-refractivity contribution < 1.29 is 15.0 Å². The summed E-state index contributed by atoms with van der Waals surface area (Å²) in [4.78, 5) is 10.3. The minimum atomic E-state index is -1.20. The molecule has 2 unspecified atom stereocenters. The lowest BCUT2D eigenvalue weighted by atomic mass is 10.2. The monoisotopic (exact) mass is 176 g/mol. The van der Waals surface area contributed by atoms with E-state index in [0.29, 0.717) is 0 Å². The predicted octanol–water partition coefficient (Wildman–Crippen LogP) is -1.24. The summed E-state index contributed by atoms with van der Waals surface area (Å²) >= 11 is 0. The first kappa shape index (κ1) is 11.4. The molecule has 0 fully saturated rings. The number of rotatable bonds is 6. The molecule has 0 aromatic heterocycles. The molecule has 5 heteroatoms. The van der Waals surface area contributed by atoms with Gasteiger partial charge in [-0.15, -0.1) is 0 Å². The van der Waals surface area contributed by atoms with Gasteiger partial charge in [-0.3, -0.25) is 4.79 Å². The van der Waals surface area contributed by atoms with Crippen LogP contribution >= 0.6 is 0 Å². The van der Waals surface area contributed by atoms with Crippen molar-refractivity contribution in [1.29, 1.82) is 0 Å². The molecule has 0 amide bonds. The molecule has 0 aliphatic heterocycles. The van der Waals surface area contributed by atoms with E-state index in [2.05, 4.69) is 5.32 Å². The van der Waals surface area contributed by atoms with Gasteiger partial charge in [0, 0.05) is 6.54 Å². The van der Waals surface area contributed by atoms with E-state index in [0.717, 1.165) is 13.0 Å². The van der Waals surface area contributed by atoms with Crippen LogP contribution in [-0.4, -0.2) is 41.4 Å². The molecule has 0 saturated carbocycles. The maximum atomic E-state index is 10.3. The van der Waals surface area contributed by atoms with Gasteiger partial charge in [0.2, 0.25) is 0 Å². The highest BCUT2D eigenvalue weighted by atomic mass is 16.4. The summed E-state index contributed by atoms with van der Waals surface area (Å²) in [5.74, 6) is -1.18. The van der Waals surface area contributed by atoms with Crippen LogP contribution in [-0.2, 0) is 4.79 Å². The topological polar surface area (TPSA) is 95.6 Å². The molecule has 0 aliphatic carbocycles. The molecule has 0 heterocycles. The van der Waals surface area contributed by atoms with Crippen LogP contribution < -0.4 is 11.1 Å². The van der Waals surface area contributed by atoms with E-state index in [-0.39, 0.29) is 6.54 Å². The maximum absolute atomic E-state index is 10.3. The Labute approximate surface area is 71.6 Å². The molecule has 0 bridgehead atoms. The summed E-state index contributed by atoms with van der Waals surface area (Å²) in [6.07, 6.45) is -0.0799. The van der Waals surface area contributed by atoms with Crippen molar-refractivity contribution in [2.45, 2.75) is 25.5 Å². The molecule has 0 aliphatic rings. The molecular formula is C7H16N2O3. The van der Waals surface area contributed by atoms with E-state index >= 15 is 0 Å². The summed E-state index contributed by atoms with van der Waals surface area (Å²) in [6.45, 7) is 2.96. The molecule has 2 atom stereocenters. The fraction of sp³-hybridized carbons (Fsp3) is 0.857. The fourth-order valence-corrected chi connectivity index (χ4v) is 0.718. The van der Waals surface area contributed by atoms with Gasteiger partial charge in [0.15, 0.2) is 0 Å². The highest BCUT2D eigenvalue weighted by Crippen LogP contribution is 1.88. The summed E-state index contributed by atoms with van der Waals surface area (Å²) < 4.78 is 0. The molecule has 0 rings (SSSR count). The van der Waals surface area contributed by atoms with E-state index in [1.54, 1.807) is 0 Å². The van der Waals surface area contributed by atoms with Crippen molar-refractivity contribution in [2.24, 2.45) is 5.73 Å². The van der Waals surface area contributed by atoms with E-state index in [4.69, 9.17) is 15.9 Å². The normalized spacial score (nSPS) is 15.6. The Morgan fingerprint density at radius 3 is 2.67 bits per heavy atom. The van der Waals surface area contributed by atoms with Crippen LogP contribution in [0.2, 0.25) is 0 Å². The Balaban J connectivity index is 3.56. The number of carboxylic acid groups (broad SMARTS) is 1. The number of hydrogen-bond acceptors (Lipinski definition) is 4. The van der Waals surface area contributed by atoms with Crippen LogP contribution in [0.5, 0.6) is 0 Å². The maximum Gasteiger partial charge on any atom is 0.323 e. The van der Waals surface area contributed by atoms with Gasteiger partial charge in [-0.1, -0.05) is 6.92 Å². The van der Waals surface area contributed by atoms with Gasteiger partial charge in [0.05, 0.1) is 6.10 Å². The minimum absolute atomic E-state index is 0.224. The SMILES string of the molecule is CCCNCC(O)C(N)C(=O)O. The Hall–Kier alpha value is -0.650. The first-order valence-corrected chi connectivity index (χ1v) is 3.96. The molecule has 0 aromatic rings. The Morgan fingerprint density at radius 2 is 2.25 bits per heavy atom. The average molecular weight is 176 g/mol.